The fourth-order valence-electron chi connectivity index (χ4n) is 2.68. The van der Waals surface area contributed by atoms with Crippen LogP contribution in [0, 0.1) is 0 Å². The zero-order valence-electron chi connectivity index (χ0n) is 11.4. The Labute approximate surface area is 128 Å². The molecule has 0 spiro atoms. The Morgan fingerprint density at radius 2 is 2.10 bits per heavy atom. The predicted molar refractivity (Wildman–Crippen MR) is 85.5 cm³/mol. The third-order valence-corrected chi connectivity index (χ3v) is 3.87. The molecule has 2 amide bonds. The Kier molecular flexibility index (Phi) is 3.71. The molecule has 2 aromatic rings. The molecule has 1 aliphatic carbocycles. The van der Waals surface area contributed by atoms with E-state index >= 15 is 0 Å². The largest absolute Gasteiger partial charge is 0.399 e. The standard InChI is InChI=1S/C16H16ClN3O/c17-11-2-1-3-13(9-11)19-16(21)20-15-7-4-10-8-12(18)5-6-14(10)15/h1-3,5-6,8-9,15H,4,7,18H2,(H2,19,20,21). The van der Waals surface area contributed by atoms with Gasteiger partial charge in [0.15, 0.2) is 0 Å². The average molecular weight is 302 g/mol. The van der Waals surface area contributed by atoms with E-state index in [1.807, 2.05) is 18.2 Å². The van der Waals surface area contributed by atoms with Gasteiger partial charge in [-0.3, -0.25) is 0 Å². The Bertz CT molecular complexity index is 687. The first-order valence-electron chi connectivity index (χ1n) is 6.83. The van der Waals surface area contributed by atoms with Gasteiger partial charge in [-0.05, 0) is 54.3 Å². The molecule has 3 rings (SSSR count). The van der Waals surface area contributed by atoms with Gasteiger partial charge in [0, 0.05) is 16.4 Å². The molecule has 1 atom stereocenters. The number of amides is 2. The van der Waals surface area contributed by atoms with Crippen LogP contribution in [0.3, 0.4) is 0 Å². The van der Waals surface area contributed by atoms with Crippen LogP contribution in [0.15, 0.2) is 42.5 Å². The van der Waals surface area contributed by atoms with Gasteiger partial charge in [-0.2, -0.15) is 0 Å². The number of hydrogen-bond acceptors (Lipinski definition) is 2. The Hall–Kier alpha value is -2.20. The van der Waals surface area contributed by atoms with Gasteiger partial charge in [0.05, 0.1) is 6.04 Å². The molecule has 0 radical (unpaired) electrons. The minimum absolute atomic E-state index is 0.0276. The SMILES string of the molecule is Nc1ccc2c(c1)CCC2NC(=O)Nc1cccc(Cl)c1. The summed E-state index contributed by atoms with van der Waals surface area (Å²) in [5.74, 6) is 0. The summed E-state index contributed by atoms with van der Waals surface area (Å²) >= 11 is 5.90. The zero-order chi connectivity index (χ0) is 14.8. The van der Waals surface area contributed by atoms with Crippen LogP contribution in [0.4, 0.5) is 16.2 Å². The molecule has 0 saturated carbocycles. The third-order valence-electron chi connectivity index (χ3n) is 3.63. The summed E-state index contributed by atoms with van der Waals surface area (Å²) < 4.78 is 0. The summed E-state index contributed by atoms with van der Waals surface area (Å²) in [6.45, 7) is 0. The van der Waals surface area contributed by atoms with E-state index in [0.717, 1.165) is 24.1 Å². The van der Waals surface area contributed by atoms with Crippen LogP contribution in [0.1, 0.15) is 23.6 Å². The van der Waals surface area contributed by atoms with Crippen molar-refractivity contribution in [3.05, 3.63) is 58.6 Å². The zero-order valence-corrected chi connectivity index (χ0v) is 12.2. The highest BCUT2D eigenvalue weighted by molar-refractivity contribution is 6.30. The van der Waals surface area contributed by atoms with Gasteiger partial charge < -0.3 is 16.4 Å². The molecule has 21 heavy (non-hydrogen) atoms. The van der Waals surface area contributed by atoms with Crippen LogP contribution in [-0.2, 0) is 6.42 Å². The third kappa shape index (κ3) is 3.11. The van der Waals surface area contributed by atoms with Gasteiger partial charge in [-0.15, -0.1) is 0 Å². The van der Waals surface area contributed by atoms with Crippen molar-refractivity contribution < 1.29 is 4.79 Å². The maximum atomic E-state index is 12.1. The van der Waals surface area contributed by atoms with Gasteiger partial charge >= 0.3 is 6.03 Å². The number of hydrogen-bond donors (Lipinski definition) is 3. The van der Waals surface area contributed by atoms with Gasteiger partial charge in [0.25, 0.3) is 0 Å². The molecule has 1 unspecified atom stereocenters. The number of carbonyl (C=O) groups excluding carboxylic acids is 1. The minimum atomic E-state index is -0.230. The van der Waals surface area contributed by atoms with Gasteiger partial charge in [-0.1, -0.05) is 23.7 Å². The highest BCUT2D eigenvalue weighted by Gasteiger charge is 2.23. The van der Waals surface area contributed by atoms with Crippen molar-refractivity contribution in [1.29, 1.82) is 0 Å². The number of nitrogens with two attached hydrogens (primary N) is 1. The van der Waals surface area contributed by atoms with Crippen molar-refractivity contribution in [2.24, 2.45) is 0 Å². The van der Waals surface area contributed by atoms with Crippen LogP contribution >= 0.6 is 11.6 Å². The summed E-state index contributed by atoms with van der Waals surface area (Å²) in [7, 11) is 0. The summed E-state index contributed by atoms with van der Waals surface area (Å²) in [5.41, 5.74) is 9.58. The number of fused-ring (bicyclic) bond motifs is 1. The fourth-order valence-corrected chi connectivity index (χ4v) is 2.87. The van der Waals surface area contributed by atoms with Crippen LogP contribution in [0.5, 0.6) is 0 Å². The van der Waals surface area contributed by atoms with Gasteiger partial charge in [-0.25, -0.2) is 4.79 Å². The Morgan fingerprint density at radius 1 is 1.24 bits per heavy atom. The molecule has 0 heterocycles. The van der Waals surface area contributed by atoms with Crippen LogP contribution in [0.2, 0.25) is 5.02 Å². The number of carbonyl (C=O) groups is 1. The quantitative estimate of drug-likeness (QED) is 0.740. The highest BCUT2D eigenvalue weighted by atomic mass is 35.5. The molecule has 2 aromatic carbocycles. The molecule has 0 fully saturated rings. The summed E-state index contributed by atoms with van der Waals surface area (Å²) in [6, 6.07) is 12.7. The number of rotatable bonds is 2. The lowest BCUT2D eigenvalue weighted by Gasteiger charge is -2.15. The van der Waals surface area contributed by atoms with Crippen molar-refractivity contribution >= 4 is 29.0 Å². The summed E-state index contributed by atoms with van der Waals surface area (Å²) in [5, 5.41) is 6.37. The number of urea groups is 1. The van der Waals surface area contributed by atoms with Crippen LogP contribution in [0.25, 0.3) is 0 Å². The number of aryl methyl sites for hydroxylation is 1. The summed E-state index contributed by atoms with van der Waals surface area (Å²) in [4.78, 5) is 12.1. The molecule has 0 aromatic heterocycles. The first kappa shape index (κ1) is 13.8. The van der Waals surface area contributed by atoms with E-state index < -0.39 is 0 Å². The number of halogens is 1. The molecule has 108 valence electrons. The summed E-state index contributed by atoms with van der Waals surface area (Å²) in [6.07, 6.45) is 1.82. The first-order chi connectivity index (χ1) is 10.1. The van der Waals surface area contributed by atoms with E-state index in [2.05, 4.69) is 10.6 Å². The topological polar surface area (TPSA) is 67.1 Å². The Balaban J connectivity index is 1.67. The van der Waals surface area contributed by atoms with Crippen LogP contribution < -0.4 is 16.4 Å². The van der Waals surface area contributed by atoms with Gasteiger partial charge in [0.2, 0.25) is 0 Å². The van der Waals surface area contributed by atoms with Crippen molar-refractivity contribution in [2.45, 2.75) is 18.9 Å². The number of nitrogen functional groups attached to an aromatic ring is 1. The smallest absolute Gasteiger partial charge is 0.319 e. The van der Waals surface area contributed by atoms with Gasteiger partial charge in [0.1, 0.15) is 0 Å². The first-order valence-corrected chi connectivity index (χ1v) is 7.21. The van der Waals surface area contributed by atoms with E-state index in [4.69, 9.17) is 17.3 Å². The second kappa shape index (κ2) is 5.66. The van der Waals surface area contributed by atoms with E-state index in [0.29, 0.717) is 10.7 Å². The van der Waals surface area contributed by atoms with Crippen LogP contribution in [-0.4, -0.2) is 6.03 Å². The second-order valence-corrected chi connectivity index (χ2v) is 5.59. The fraction of sp³-hybridized carbons (Fsp3) is 0.188. The second-order valence-electron chi connectivity index (χ2n) is 5.16. The number of benzene rings is 2. The normalized spacial score (nSPS) is 16.3. The molecular weight excluding hydrogens is 286 g/mol. The molecule has 1 aliphatic rings. The van der Waals surface area contributed by atoms with E-state index in [1.54, 1.807) is 24.3 Å². The van der Waals surface area contributed by atoms with Crippen molar-refractivity contribution in [1.82, 2.24) is 5.32 Å². The Morgan fingerprint density at radius 3 is 2.90 bits per heavy atom. The monoisotopic (exact) mass is 301 g/mol. The van der Waals surface area contributed by atoms with Crippen molar-refractivity contribution in [3.63, 3.8) is 0 Å². The molecule has 4 nitrogen and oxygen atoms in total. The lowest BCUT2D eigenvalue weighted by molar-refractivity contribution is 0.248. The van der Waals surface area contributed by atoms with Crippen molar-refractivity contribution in [3.8, 4) is 0 Å². The highest BCUT2D eigenvalue weighted by Crippen LogP contribution is 2.32. The number of anilines is 2. The van der Waals surface area contributed by atoms with E-state index in [9.17, 15) is 4.79 Å². The predicted octanol–water partition coefficient (Wildman–Crippen LogP) is 3.73. The molecule has 4 N–H and O–H groups in total. The molecular formula is C16H16ClN3O. The van der Waals surface area contributed by atoms with E-state index in [1.165, 1.54) is 5.56 Å². The number of nitrogens with one attached hydrogen (secondary N) is 2. The molecule has 5 heteroatoms. The minimum Gasteiger partial charge on any atom is -0.399 e. The maximum absolute atomic E-state index is 12.1. The molecule has 0 saturated heterocycles. The molecule has 0 aliphatic heterocycles. The lowest BCUT2D eigenvalue weighted by Crippen LogP contribution is -2.31. The lowest BCUT2D eigenvalue weighted by atomic mass is 10.1. The maximum Gasteiger partial charge on any atom is 0.319 e. The average Bonchev–Trinajstić information content (AvgIpc) is 2.81. The van der Waals surface area contributed by atoms with Crippen molar-refractivity contribution in [2.75, 3.05) is 11.1 Å². The van der Waals surface area contributed by atoms with E-state index in [-0.39, 0.29) is 12.1 Å². The molecule has 0 bridgehead atoms.